The number of ether oxygens (including phenoxy) is 1. The molecule has 162 valence electrons. The Bertz CT molecular complexity index is 1160. The summed E-state index contributed by atoms with van der Waals surface area (Å²) in [6, 6.07) is 19.9. The van der Waals surface area contributed by atoms with Crippen LogP contribution >= 0.6 is 11.6 Å². The van der Waals surface area contributed by atoms with Gasteiger partial charge in [0.25, 0.3) is 5.91 Å². The van der Waals surface area contributed by atoms with Gasteiger partial charge in [-0.25, -0.2) is 5.43 Å². The molecule has 3 aromatic rings. The summed E-state index contributed by atoms with van der Waals surface area (Å²) in [5.74, 6) is -1.79. The number of carbonyl (C=O) groups excluding carboxylic acids is 3. The topological polar surface area (TPSA) is 109 Å². The Labute approximate surface area is 189 Å². The summed E-state index contributed by atoms with van der Waals surface area (Å²) in [5, 5.41) is 9.44. The Morgan fingerprint density at radius 1 is 0.906 bits per heavy atom. The molecule has 3 amide bonds. The predicted molar refractivity (Wildman–Crippen MR) is 123 cm³/mol. The SMILES string of the molecule is COc1cccc(/C=N\NC(=O)C(=O)Nc2ccccc2C(=O)Nc2ccc(Cl)cc2)c1. The minimum Gasteiger partial charge on any atom is -0.497 e. The number of halogens is 1. The molecule has 0 radical (unpaired) electrons. The molecule has 3 aromatic carbocycles. The van der Waals surface area contributed by atoms with Gasteiger partial charge >= 0.3 is 11.8 Å². The molecule has 0 aliphatic carbocycles. The number of benzene rings is 3. The summed E-state index contributed by atoms with van der Waals surface area (Å²) in [6.45, 7) is 0. The number of carbonyl (C=O) groups is 3. The summed E-state index contributed by atoms with van der Waals surface area (Å²) in [5.41, 5.74) is 3.72. The van der Waals surface area contributed by atoms with Crippen LogP contribution < -0.4 is 20.8 Å². The van der Waals surface area contributed by atoms with Crippen molar-refractivity contribution in [2.45, 2.75) is 0 Å². The van der Waals surface area contributed by atoms with Crippen LogP contribution in [-0.4, -0.2) is 31.0 Å². The third kappa shape index (κ3) is 6.16. The quantitative estimate of drug-likeness (QED) is 0.302. The van der Waals surface area contributed by atoms with E-state index >= 15 is 0 Å². The van der Waals surface area contributed by atoms with Gasteiger partial charge in [0.1, 0.15) is 5.75 Å². The van der Waals surface area contributed by atoms with Crippen molar-refractivity contribution in [2.24, 2.45) is 5.10 Å². The van der Waals surface area contributed by atoms with Crippen molar-refractivity contribution < 1.29 is 19.1 Å². The van der Waals surface area contributed by atoms with Crippen molar-refractivity contribution in [3.05, 3.63) is 88.9 Å². The lowest BCUT2D eigenvalue weighted by atomic mass is 10.1. The van der Waals surface area contributed by atoms with Gasteiger partial charge in [0.05, 0.1) is 24.6 Å². The molecule has 9 heteroatoms. The number of anilines is 2. The number of hydrogen-bond donors (Lipinski definition) is 3. The van der Waals surface area contributed by atoms with Gasteiger partial charge in [-0.3, -0.25) is 14.4 Å². The van der Waals surface area contributed by atoms with Crippen LogP contribution in [0.4, 0.5) is 11.4 Å². The Morgan fingerprint density at radius 3 is 2.41 bits per heavy atom. The fourth-order valence-electron chi connectivity index (χ4n) is 2.64. The van der Waals surface area contributed by atoms with Gasteiger partial charge in [-0.15, -0.1) is 0 Å². The molecule has 0 aliphatic heterocycles. The second-order valence-electron chi connectivity index (χ2n) is 6.44. The Hall–Kier alpha value is -4.17. The first-order valence-corrected chi connectivity index (χ1v) is 9.78. The first-order valence-electron chi connectivity index (χ1n) is 9.40. The Morgan fingerprint density at radius 2 is 1.66 bits per heavy atom. The third-order valence-electron chi connectivity index (χ3n) is 4.20. The molecule has 32 heavy (non-hydrogen) atoms. The fraction of sp³-hybridized carbons (Fsp3) is 0.0435. The van der Waals surface area contributed by atoms with Crippen LogP contribution in [0, 0.1) is 0 Å². The summed E-state index contributed by atoms with van der Waals surface area (Å²) in [4.78, 5) is 37.0. The number of hydrogen-bond acceptors (Lipinski definition) is 5. The summed E-state index contributed by atoms with van der Waals surface area (Å²) in [7, 11) is 1.54. The van der Waals surface area contributed by atoms with Crippen molar-refractivity contribution in [3.8, 4) is 5.75 Å². The van der Waals surface area contributed by atoms with Crippen LogP contribution in [0.2, 0.25) is 5.02 Å². The molecule has 0 heterocycles. The van der Waals surface area contributed by atoms with Crippen LogP contribution in [0.25, 0.3) is 0 Å². The average Bonchev–Trinajstić information content (AvgIpc) is 2.81. The lowest BCUT2D eigenvalue weighted by Gasteiger charge is -2.11. The first-order chi connectivity index (χ1) is 15.5. The molecule has 0 bridgehead atoms. The second kappa shape index (κ2) is 10.7. The lowest BCUT2D eigenvalue weighted by molar-refractivity contribution is -0.136. The van der Waals surface area contributed by atoms with E-state index in [9.17, 15) is 14.4 Å². The van der Waals surface area contributed by atoms with Crippen molar-refractivity contribution in [1.29, 1.82) is 0 Å². The number of para-hydroxylation sites is 1. The third-order valence-corrected chi connectivity index (χ3v) is 4.45. The molecule has 0 spiro atoms. The fourth-order valence-corrected chi connectivity index (χ4v) is 2.76. The predicted octanol–water partition coefficient (Wildman–Crippen LogP) is 3.69. The number of methoxy groups -OCH3 is 1. The van der Waals surface area contributed by atoms with Crippen LogP contribution in [0.1, 0.15) is 15.9 Å². The van der Waals surface area contributed by atoms with Gasteiger partial charge in [-0.05, 0) is 54.1 Å². The number of nitrogens with one attached hydrogen (secondary N) is 3. The smallest absolute Gasteiger partial charge is 0.329 e. The van der Waals surface area contributed by atoms with Crippen LogP contribution in [0.15, 0.2) is 77.9 Å². The molecule has 8 nitrogen and oxygen atoms in total. The molecule has 0 fully saturated rings. The number of nitrogens with zero attached hydrogens (tertiary/aromatic N) is 1. The van der Waals surface area contributed by atoms with E-state index in [1.807, 2.05) is 0 Å². The highest BCUT2D eigenvalue weighted by molar-refractivity contribution is 6.40. The zero-order valence-corrected chi connectivity index (χ0v) is 17.7. The molecule has 3 N–H and O–H groups in total. The van der Waals surface area contributed by atoms with E-state index in [0.29, 0.717) is 22.0 Å². The van der Waals surface area contributed by atoms with E-state index in [-0.39, 0.29) is 11.3 Å². The Balaban J connectivity index is 1.63. The van der Waals surface area contributed by atoms with E-state index < -0.39 is 17.7 Å². The highest BCUT2D eigenvalue weighted by Gasteiger charge is 2.17. The molecule has 0 aliphatic rings. The molecule has 3 rings (SSSR count). The second-order valence-corrected chi connectivity index (χ2v) is 6.87. The lowest BCUT2D eigenvalue weighted by Crippen LogP contribution is -2.33. The Kier molecular flexibility index (Phi) is 7.55. The maximum absolute atomic E-state index is 12.6. The van der Waals surface area contributed by atoms with E-state index in [2.05, 4.69) is 21.2 Å². The minimum atomic E-state index is -0.989. The van der Waals surface area contributed by atoms with Crippen LogP contribution in [-0.2, 0) is 9.59 Å². The summed E-state index contributed by atoms with van der Waals surface area (Å²) < 4.78 is 5.11. The highest BCUT2D eigenvalue weighted by atomic mass is 35.5. The number of rotatable bonds is 6. The zero-order chi connectivity index (χ0) is 22.9. The zero-order valence-electron chi connectivity index (χ0n) is 17.0. The molecule has 0 aromatic heterocycles. The molecular weight excluding hydrogens is 432 g/mol. The van der Waals surface area contributed by atoms with Gasteiger partial charge in [0.2, 0.25) is 0 Å². The minimum absolute atomic E-state index is 0.177. The van der Waals surface area contributed by atoms with Crippen molar-refractivity contribution in [3.63, 3.8) is 0 Å². The van der Waals surface area contributed by atoms with E-state index in [0.717, 1.165) is 0 Å². The first kappa shape index (κ1) is 22.5. The van der Waals surface area contributed by atoms with E-state index in [1.54, 1.807) is 60.7 Å². The normalized spacial score (nSPS) is 10.4. The maximum Gasteiger partial charge on any atom is 0.329 e. The molecular formula is C23H19ClN4O4. The maximum atomic E-state index is 12.6. The van der Waals surface area contributed by atoms with Gasteiger partial charge in [0, 0.05) is 10.7 Å². The van der Waals surface area contributed by atoms with E-state index in [1.165, 1.54) is 25.5 Å². The molecule has 0 saturated carbocycles. The van der Waals surface area contributed by atoms with Crippen LogP contribution in [0.5, 0.6) is 5.75 Å². The average molecular weight is 451 g/mol. The molecule has 0 unspecified atom stereocenters. The standard InChI is InChI=1S/C23H19ClN4O4/c1-32-18-6-4-5-15(13-18)14-25-28-23(31)22(30)27-20-8-3-2-7-19(20)21(29)26-17-11-9-16(24)10-12-17/h2-14H,1H3,(H,26,29)(H,27,30)(H,28,31)/b25-14-. The van der Waals surface area contributed by atoms with Gasteiger partial charge in [0.15, 0.2) is 0 Å². The summed E-state index contributed by atoms with van der Waals surface area (Å²) >= 11 is 5.85. The summed E-state index contributed by atoms with van der Waals surface area (Å²) in [6.07, 6.45) is 1.38. The van der Waals surface area contributed by atoms with Crippen molar-refractivity contribution in [1.82, 2.24) is 5.43 Å². The van der Waals surface area contributed by atoms with Crippen LogP contribution in [0.3, 0.4) is 0 Å². The van der Waals surface area contributed by atoms with Gasteiger partial charge < -0.3 is 15.4 Å². The van der Waals surface area contributed by atoms with Crippen molar-refractivity contribution in [2.75, 3.05) is 17.7 Å². The van der Waals surface area contributed by atoms with Crippen molar-refractivity contribution >= 4 is 46.9 Å². The van der Waals surface area contributed by atoms with Gasteiger partial charge in [-0.2, -0.15) is 5.10 Å². The monoisotopic (exact) mass is 450 g/mol. The van der Waals surface area contributed by atoms with Gasteiger partial charge in [-0.1, -0.05) is 35.9 Å². The number of hydrazone groups is 1. The van der Waals surface area contributed by atoms with E-state index in [4.69, 9.17) is 16.3 Å². The molecule has 0 saturated heterocycles. The number of amides is 3. The largest absolute Gasteiger partial charge is 0.497 e. The highest BCUT2D eigenvalue weighted by Crippen LogP contribution is 2.19. The molecule has 0 atom stereocenters.